The van der Waals surface area contributed by atoms with Gasteiger partial charge in [0.25, 0.3) is 0 Å². The molecule has 0 aromatic rings. The molecule has 0 aromatic carbocycles. The minimum atomic E-state index is -2.10. The van der Waals surface area contributed by atoms with Crippen molar-refractivity contribution in [2.24, 2.45) is 29.6 Å². The van der Waals surface area contributed by atoms with Gasteiger partial charge in [0.05, 0.1) is 24.0 Å². The Morgan fingerprint density at radius 1 is 0.673 bits per heavy atom. The lowest BCUT2D eigenvalue weighted by atomic mass is 9.82. The Bertz CT molecular complexity index is 1230. The number of hydrogen-bond acceptors (Lipinski definition) is 9. The molecule has 10 atom stereocenters. The second-order valence-corrected chi connectivity index (χ2v) is 34.7. The zero-order valence-electron chi connectivity index (χ0n) is 36.9. The largest absolute Gasteiger partial charge is 0.462 e. The molecule has 0 amide bonds. The van der Waals surface area contributed by atoms with Gasteiger partial charge in [-0.1, -0.05) is 83.1 Å². The molecule has 12 heteroatoms. The predicted octanol–water partition coefficient (Wildman–Crippen LogP) is 9.74. The summed E-state index contributed by atoms with van der Waals surface area (Å²) in [5.74, 6) is -0.887. The molecule has 0 aromatic heterocycles. The van der Waals surface area contributed by atoms with Crippen LogP contribution in [0.4, 0.5) is 0 Å². The SMILES string of the molecule is CC(=O)[C@@H](C)C[C@@H]1OC(=O)[C@H](C)[C@H](O[Si](C)(C)C(C)(C)C)[C@H]1C.C[C@@H]1[C@@H](O[Si](C)(C)C(C)(C)C)[C@@H](C)C(=O)O[C@H]1C[C@H](C=O)O[Si](C)(C)C(C)(C)C. The first-order chi connectivity index (χ1) is 23.1. The van der Waals surface area contributed by atoms with Crippen molar-refractivity contribution in [1.29, 1.82) is 0 Å². The highest BCUT2D eigenvalue weighted by Crippen LogP contribution is 2.44. The summed E-state index contributed by atoms with van der Waals surface area (Å²) in [7, 11) is -6.12. The lowest BCUT2D eigenvalue weighted by Crippen LogP contribution is -2.55. The maximum atomic E-state index is 12.6. The van der Waals surface area contributed by atoms with Gasteiger partial charge in [-0.2, -0.15) is 0 Å². The normalized spacial score (nSPS) is 29.2. The fourth-order valence-electron chi connectivity index (χ4n) is 5.74. The highest BCUT2D eigenvalue weighted by Gasteiger charge is 2.50. The van der Waals surface area contributed by atoms with E-state index in [2.05, 4.69) is 115 Å². The molecule has 0 radical (unpaired) electrons. The number of carbonyl (C=O) groups excluding carboxylic acids is 4. The molecule has 0 N–H and O–H groups in total. The standard InChI is InChI=1S/C22H44O5Si2.C18H34O4Si/c1-15-18(13-17(14-23)26-28(9,10)21(3,4)5)25-20(24)16(2)19(15)27-29(11,12)22(6,7)8;1-11(14(4)19)10-15-12(2)16(13(3)17(20)21-15)22-23(8,9)18(5,6)7/h14-19H,13H2,1-12H3;11-13,15-16H,10H2,1-9H3/t15-,16+,17+,18-,19+;11-,12-,13+,15-,16+/m00/s1. The van der Waals surface area contributed by atoms with E-state index in [-0.39, 0.29) is 86.8 Å². The number of carbonyl (C=O) groups is 4. The van der Waals surface area contributed by atoms with Crippen LogP contribution in [0.2, 0.25) is 54.4 Å². The van der Waals surface area contributed by atoms with Gasteiger partial charge in [0.2, 0.25) is 0 Å². The molecule has 2 fully saturated rings. The molecular weight excluding hydrogens is 709 g/mol. The highest BCUT2D eigenvalue weighted by molar-refractivity contribution is 6.75. The summed E-state index contributed by atoms with van der Waals surface area (Å²) >= 11 is 0. The van der Waals surface area contributed by atoms with E-state index in [4.69, 9.17) is 22.8 Å². The van der Waals surface area contributed by atoms with Crippen LogP contribution in [0.15, 0.2) is 0 Å². The summed E-state index contributed by atoms with van der Waals surface area (Å²) in [4.78, 5) is 48.2. The molecular formula is C40H78O9Si3. The number of esters is 2. The van der Waals surface area contributed by atoms with E-state index in [0.29, 0.717) is 12.8 Å². The van der Waals surface area contributed by atoms with Crippen LogP contribution in [0.3, 0.4) is 0 Å². The van der Waals surface area contributed by atoms with Crippen molar-refractivity contribution in [2.75, 3.05) is 0 Å². The average molecular weight is 787 g/mol. The van der Waals surface area contributed by atoms with E-state index < -0.39 is 31.1 Å². The topological polar surface area (TPSA) is 114 Å². The quantitative estimate of drug-likeness (QED) is 0.108. The van der Waals surface area contributed by atoms with Crippen LogP contribution < -0.4 is 0 Å². The smallest absolute Gasteiger partial charge is 0.311 e. The molecule has 2 aliphatic heterocycles. The Kier molecular flexibility index (Phi) is 16.7. The molecule has 9 nitrogen and oxygen atoms in total. The monoisotopic (exact) mass is 786 g/mol. The lowest BCUT2D eigenvalue weighted by molar-refractivity contribution is -0.179. The van der Waals surface area contributed by atoms with Gasteiger partial charge in [-0.3, -0.25) is 14.4 Å². The van der Waals surface area contributed by atoms with Crippen LogP contribution in [0.5, 0.6) is 0 Å². The number of ketones is 1. The van der Waals surface area contributed by atoms with Gasteiger partial charge in [-0.15, -0.1) is 0 Å². The third-order valence-corrected chi connectivity index (χ3v) is 26.5. The number of ether oxygens (including phenoxy) is 2. The summed E-state index contributed by atoms with van der Waals surface area (Å²) in [6, 6.07) is 0. The van der Waals surface area contributed by atoms with Crippen molar-refractivity contribution in [3.8, 4) is 0 Å². The van der Waals surface area contributed by atoms with E-state index in [0.717, 1.165) is 6.29 Å². The fraction of sp³-hybridized carbons (Fsp3) is 0.900. The minimum absolute atomic E-state index is 0.00212. The van der Waals surface area contributed by atoms with Gasteiger partial charge in [-0.05, 0) is 81.6 Å². The van der Waals surface area contributed by atoms with Crippen LogP contribution >= 0.6 is 0 Å². The number of cyclic esters (lactones) is 2. The molecule has 0 bridgehead atoms. The van der Waals surface area contributed by atoms with Crippen LogP contribution in [-0.4, -0.2) is 79.5 Å². The average Bonchev–Trinajstić information content (AvgIpc) is 2.96. The van der Waals surface area contributed by atoms with Crippen molar-refractivity contribution in [1.82, 2.24) is 0 Å². The van der Waals surface area contributed by atoms with Gasteiger partial charge >= 0.3 is 11.9 Å². The molecule has 304 valence electrons. The molecule has 0 saturated carbocycles. The maximum absolute atomic E-state index is 12.6. The van der Waals surface area contributed by atoms with Crippen LogP contribution in [0.1, 0.15) is 117 Å². The molecule has 0 spiro atoms. The van der Waals surface area contributed by atoms with Crippen molar-refractivity contribution in [3.63, 3.8) is 0 Å². The van der Waals surface area contributed by atoms with E-state index in [1.165, 1.54) is 0 Å². The summed E-state index contributed by atoms with van der Waals surface area (Å²) in [5.41, 5.74) is 0. The zero-order chi connectivity index (χ0) is 41.2. The van der Waals surface area contributed by atoms with Gasteiger partial charge in [0, 0.05) is 24.2 Å². The maximum Gasteiger partial charge on any atom is 0.311 e. The summed E-state index contributed by atoms with van der Waals surface area (Å²) in [5, 5.41) is 0.154. The Balaban J connectivity index is 0.000000534. The number of aldehydes is 1. The van der Waals surface area contributed by atoms with E-state index in [9.17, 15) is 19.2 Å². The van der Waals surface area contributed by atoms with E-state index in [1.54, 1.807) is 6.92 Å². The predicted molar refractivity (Wildman–Crippen MR) is 218 cm³/mol. The van der Waals surface area contributed by atoms with E-state index in [1.807, 2.05) is 20.8 Å². The molecule has 2 heterocycles. The molecule has 2 rings (SSSR count). The van der Waals surface area contributed by atoms with Crippen molar-refractivity contribution in [2.45, 2.75) is 202 Å². The van der Waals surface area contributed by atoms with Crippen LogP contribution in [0, 0.1) is 29.6 Å². The van der Waals surface area contributed by atoms with Crippen molar-refractivity contribution < 1.29 is 41.9 Å². The van der Waals surface area contributed by atoms with Gasteiger partial charge < -0.3 is 27.5 Å². The first kappa shape index (κ1) is 48.8. The number of hydrogen-bond donors (Lipinski definition) is 0. The molecule has 2 saturated heterocycles. The summed E-state index contributed by atoms with van der Waals surface area (Å²) in [6.07, 6.45) is 0.282. The highest BCUT2D eigenvalue weighted by atomic mass is 28.4. The number of Topliss-reactive ketones (excluding diaryl/α,β-unsaturated/α-hetero) is 1. The van der Waals surface area contributed by atoms with Gasteiger partial charge in [0.1, 0.15) is 30.4 Å². The zero-order valence-corrected chi connectivity index (χ0v) is 39.9. The molecule has 2 aliphatic rings. The third kappa shape index (κ3) is 12.4. The van der Waals surface area contributed by atoms with E-state index >= 15 is 0 Å². The molecule has 0 unspecified atom stereocenters. The minimum Gasteiger partial charge on any atom is -0.462 e. The van der Waals surface area contributed by atoms with Crippen LogP contribution in [-0.2, 0) is 41.9 Å². The van der Waals surface area contributed by atoms with Crippen LogP contribution in [0.25, 0.3) is 0 Å². The molecule has 52 heavy (non-hydrogen) atoms. The van der Waals surface area contributed by atoms with Gasteiger partial charge in [-0.25, -0.2) is 0 Å². The first-order valence-electron chi connectivity index (χ1n) is 19.5. The van der Waals surface area contributed by atoms with Crippen molar-refractivity contribution in [3.05, 3.63) is 0 Å². The lowest BCUT2D eigenvalue weighted by Gasteiger charge is -2.46. The summed E-state index contributed by atoms with van der Waals surface area (Å²) < 4.78 is 30.9. The fourth-order valence-corrected chi connectivity index (χ4v) is 9.91. The van der Waals surface area contributed by atoms with Gasteiger partial charge in [0.15, 0.2) is 25.0 Å². The summed E-state index contributed by atoms with van der Waals surface area (Å²) in [6.45, 7) is 44.1. The van der Waals surface area contributed by atoms with Crippen molar-refractivity contribution >= 4 is 49.0 Å². The first-order valence-corrected chi connectivity index (χ1v) is 28.2. The Morgan fingerprint density at radius 3 is 1.29 bits per heavy atom. The third-order valence-electron chi connectivity index (χ3n) is 13.1. The molecule has 0 aliphatic carbocycles. The number of rotatable bonds is 12. The second kappa shape index (κ2) is 17.7. The second-order valence-electron chi connectivity index (χ2n) is 20.5. The Morgan fingerprint density at radius 2 is 1.00 bits per heavy atom. The Hall–Kier alpha value is -1.19. The Labute approximate surface area is 321 Å².